The van der Waals surface area contributed by atoms with E-state index in [2.05, 4.69) is 4.72 Å². The highest BCUT2D eigenvalue weighted by Gasteiger charge is 2.19. The molecule has 6 heteroatoms. The topological polar surface area (TPSA) is 72.2 Å². The van der Waals surface area contributed by atoms with E-state index in [1.54, 1.807) is 32.0 Å². The summed E-state index contributed by atoms with van der Waals surface area (Å²) in [6.45, 7) is 3.30. The zero-order chi connectivity index (χ0) is 14.9. The first-order valence-corrected chi connectivity index (χ1v) is 7.43. The van der Waals surface area contributed by atoms with Gasteiger partial charge in [0.15, 0.2) is 0 Å². The van der Waals surface area contributed by atoms with Crippen molar-refractivity contribution in [3.63, 3.8) is 0 Å². The molecule has 3 N–H and O–H groups in total. The molecule has 0 aliphatic carbocycles. The molecule has 2 rings (SSSR count). The van der Waals surface area contributed by atoms with E-state index in [1.807, 2.05) is 0 Å². The number of rotatable bonds is 3. The zero-order valence-corrected chi connectivity index (χ0v) is 12.0. The smallest absolute Gasteiger partial charge is 0.262 e. The molecule has 2 aromatic rings. The molecule has 0 spiro atoms. The highest BCUT2D eigenvalue weighted by molar-refractivity contribution is 7.92. The minimum Gasteiger partial charge on any atom is -0.397 e. The van der Waals surface area contributed by atoms with Crippen LogP contribution in [0.5, 0.6) is 0 Å². The third-order valence-corrected chi connectivity index (χ3v) is 4.48. The minimum atomic E-state index is -3.80. The summed E-state index contributed by atoms with van der Waals surface area (Å²) < 4.78 is 40.2. The molecule has 0 aliphatic rings. The summed E-state index contributed by atoms with van der Waals surface area (Å²) in [5.74, 6) is -0.475. The van der Waals surface area contributed by atoms with Crippen LogP contribution < -0.4 is 10.5 Å². The Morgan fingerprint density at radius 2 is 1.80 bits per heavy atom. The Labute approximate surface area is 117 Å². The summed E-state index contributed by atoms with van der Waals surface area (Å²) in [5, 5.41) is 0. The summed E-state index contributed by atoms with van der Waals surface area (Å²) in [4.78, 5) is 0.0292. The Balaban J connectivity index is 2.46. The van der Waals surface area contributed by atoms with Crippen molar-refractivity contribution in [2.75, 3.05) is 10.5 Å². The average Bonchev–Trinajstić information content (AvgIpc) is 2.33. The Morgan fingerprint density at radius 1 is 1.10 bits per heavy atom. The number of hydrogen-bond donors (Lipinski definition) is 2. The molecule has 2 aromatic carbocycles. The van der Waals surface area contributed by atoms with Crippen LogP contribution in [-0.4, -0.2) is 8.42 Å². The molecular formula is C14H15FN2O2S. The van der Waals surface area contributed by atoms with E-state index in [9.17, 15) is 12.8 Å². The van der Waals surface area contributed by atoms with Crippen molar-refractivity contribution in [3.05, 3.63) is 53.3 Å². The second-order valence-corrected chi connectivity index (χ2v) is 6.21. The second-order valence-electron chi connectivity index (χ2n) is 4.55. The maximum atomic E-state index is 13.1. The van der Waals surface area contributed by atoms with Crippen molar-refractivity contribution in [3.8, 4) is 0 Å². The first kappa shape index (κ1) is 14.3. The number of para-hydroxylation sites is 1. The van der Waals surface area contributed by atoms with Crippen molar-refractivity contribution >= 4 is 21.4 Å². The van der Waals surface area contributed by atoms with Crippen LogP contribution in [0.1, 0.15) is 11.1 Å². The standard InChI is InChI=1S/C14H15FN2O2S/c1-9-4-3-5-12(16)14(9)17-20(18,19)13-7-6-11(15)8-10(13)2/h3-8,17H,16H2,1-2H3. The fourth-order valence-electron chi connectivity index (χ4n) is 1.93. The van der Waals surface area contributed by atoms with Crippen LogP contribution in [0, 0.1) is 19.7 Å². The Bertz CT molecular complexity index is 738. The van der Waals surface area contributed by atoms with Crippen molar-refractivity contribution in [1.29, 1.82) is 0 Å². The monoisotopic (exact) mass is 294 g/mol. The molecule has 4 nitrogen and oxygen atoms in total. The van der Waals surface area contributed by atoms with E-state index in [-0.39, 0.29) is 4.90 Å². The van der Waals surface area contributed by atoms with Crippen molar-refractivity contribution in [2.45, 2.75) is 18.7 Å². The molecule has 0 aliphatic heterocycles. The second kappa shape index (κ2) is 5.13. The third kappa shape index (κ3) is 2.75. The lowest BCUT2D eigenvalue weighted by Crippen LogP contribution is -2.16. The molecular weight excluding hydrogens is 279 g/mol. The zero-order valence-electron chi connectivity index (χ0n) is 11.1. The quantitative estimate of drug-likeness (QED) is 0.855. The summed E-state index contributed by atoms with van der Waals surface area (Å²) >= 11 is 0. The number of aryl methyl sites for hydroxylation is 2. The van der Waals surface area contributed by atoms with Crippen LogP contribution in [0.3, 0.4) is 0 Å². The van der Waals surface area contributed by atoms with E-state index in [1.165, 1.54) is 12.1 Å². The minimum absolute atomic E-state index is 0.0292. The summed E-state index contributed by atoms with van der Waals surface area (Å²) in [5.41, 5.74) is 7.52. The fourth-order valence-corrected chi connectivity index (χ4v) is 3.32. The van der Waals surface area contributed by atoms with Crippen LogP contribution in [0.2, 0.25) is 0 Å². The lowest BCUT2D eigenvalue weighted by Gasteiger charge is -2.14. The number of sulfonamides is 1. The van der Waals surface area contributed by atoms with Gasteiger partial charge in [0.1, 0.15) is 5.82 Å². The first-order chi connectivity index (χ1) is 9.31. The molecule has 0 radical (unpaired) electrons. The summed E-state index contributed by atoms with van der Waals surface area (Å²) in [6.07, 6.45) is 0. The number of halogens is 1. The van der Waals surface area contributed by atoms with Gasteiger partial charge in [-0.2, -0.15) is 0 Å². The van der Waals surface area contributed by atoms with Crippen molar-refractivity contribution in [2.24, 2.45) is 0 Å². The molecule has 0 fully saturated rings. The summed E-state index contributed by atoms with van der Waals surface area (Å²) in [7, 11) is -3.80. The maximum Gasteiger partial charge on any atom is 0.262 e. The van der Waals surface area contributed by atoms with E-state index < -0.39 is 15.8 Å². The lowest BCUT2D eigenvalue weighted by molar-refractivity contribution is 0.598. The lowest BCUT2D eigenvalue weighted by atomic mass is 10.2. The van der Waals surface area contributed by atoms with Gasteiger partial charge in [-0.15, -0.1) is 0 Å². The maximum absolute atomic E-state index is 13.1. The van der Waals surface area contributed by atoms with Gasteiger partial charge in [0.2, 0.25) is 0 Å². The summed E-state index contributed by atoms with van der Waals surface area (Å²) in [6, 6.07) is 8.64. The van der Waals surface area contributed by atoms with Crippen molar-refractivity contribution in [1.82, 2.24) is 0 Å². The van der Waals surface area contributed by atoms with Crippen LogP contribution in [0.4, 0.5) is 15.8 Å². The average molecular weight is 294 g/mol. The Kier molecular flexibility index (Phi) is 3.67. The van der Waals surface area contributed by atoms with E-state index >= 15 is 0 Å². The van der Waals surface area contributed by atoms with Gasteiger partial charge in [0.25, 0.3) is 10.0 Å². The molecule has 0 aromatic heterocycles. The molecule has 0 saturated heterocycles. The van der Waals surface area contributed by atoms with Gasteiger partial charge in [-0.3, -0.25) is 4.72 Å². The SMILES string of the molecule is Cc1cc(F)ccc1S(=O)(=O)Nc1c(C)cccc1N. The van der Waals surface area contributed by atoms with Crippen LogP contribution >= 0.6 is 0 Å². The first-order valence-electron chi connectivity index (χ1n) is 5.95. The van der Waals surface area contributed by atoms with Gasteiger partial charge < -0.3 is 5.73 Å². The molecule has 0 atom stereocenters. The van der Waals surface area contributed by atoms with Gasteiger partial charge in [0, 0.05) is 0 Å². The van der Waals surface area contributed by atoms with Crippen LogP contribution in [-0.2, 0) is 10.0 Å². The van der Waals surface area contributed by atoms with Crippen LogP contribution in [0.25, 0.3) is 0 Å². The number of nitrogens with one attached hydrogen (secondary N) is 1. The van der Waals surface area contributed by atoms with Gasteiger partial charge in [0.05, 0.1) is 16.3 Å². The molecule has 0 heterocycles. The predicted molar refractivity (Wildman–Crippen MR) is 77.5 cm³/mol. The Hall–Kier alpha value is -2.08. The number of hydrogen-bond acceptors (Lipinski definition) is 3. The van der Waals surface area contributed by atoms with E-state index in [0.717, 1.165) is 6.07 Å². The number of anilines is 2. The molecule has 0 amide bonds. The van der Waals surface area contributed by atoms with Gasteiger partial charge in [-0.05, 0) is 49.2 Å². The van der Waals surface area contributed by atoms with E-state index in [4.69, 9.17) is 5.73 Å². The highest BCUT2D eigenvalue weighted by Crippen LogP contribution is 2.26. The molecule has 0 bridgehead atoms. The van der Waals surface area contributed by atoms with E-state index in [0.29, 0.717) is 22.5 Å². The van der Waals surface area contributed by atoms with Crippen molar-refractivity contribution < 1.29 is 12.8 Å². The number of benzene rings is 2. The molecule has 0 saturated carbocycles. The van der Waals surface area contributed by atoms with Gasteiger partial charge in [-0.25, -0.2) is 12.8 Å². The predicted octanol–water partition coefficient (Wildman–Crippen LogP) is 2.83. The molecule has 0 unspecified atom stereocenters. The molecule has 20 heavy (non-hydrogen) atoms. The number of nitrogens with two attached hydrogens (primary N) is 1. The van der Waals surface area contributed by atoms with Crippen LogP contribution in [0.15, 0.2) is 41.3 Å². The fraction of sp³-hybridized carbons (Fsp3) is 0.143. The largest absolute Gasteiger partial charge is 0.397 e. The normalized spacial score (nSPS) is 11.3. The third-order valence-electron chi connectivity index (χ3n) is 2.97. The highest BCUT2D eigenvalue weighted by atomic mass is 32.2. The Morgan fingerprint density at radius 3 is 2.40 bits per heavy atom. The number of nitrogen functional groups attached to an aromatic ring is 1. The van der Waals surface area contributed by atoms with Gasteiger partial charge >= 0.3 is 0 Å². The van der Waals surface area contributed by atoms with Gasteiger partial charge in [-0.1, -0.05) is 12.1 Å². The molecule has 106 valence electrons.